The molecule has 1 aromatic rings. The number of ether oxygens (including phenoxy) is 1. The molecule has 2 rings (SSSR count). The molecular formula is C21H33NO4. The maximum atomic E-state index is 11.1. The number of likely N-dealkylation sites (N-methyl/N-ethyl adjacent to an activating group) is 1. The van der Waals surface area contributed by atoms with Gasteiger partial charge in [0.2, 0.25) is 0 Å². The maximum absolute atomic E-state index is 11.1. The molecule has 1 aromatic carbocycles. The number of carboxylic acids is 1. The number of aliphatic carboxylic acids is 1. The summed E-state index contributed by atoms with van der Waals surface area (Å²) in [6.07, 6.45) is 4.73. The zero-order valence-electron chi connectivity index (χ0n) is 16.3. The van der Waals surface area contributed by atoms with E-state index in [4.69, 9.17) is 9.84 Å². The molecule has 1 fully saturated rings. The van der Waals surface area contributed by atoms with E-state index in [1.807, 2.05) is 39.2 Å². The van der Waals surface area contributed by atoms with E-state index in [2.05, 4.69) is 11.0 Å². The van der Waals surface area contributed by atoms with Crippen LogP contribution in [0.25, 0.3) is 0 Å². The second kappa shape index (κ2) is 9.38. The molecular weight excluding hydrogens is 330 g/mol. The molecule has 1 aliphatic rings. The Kier molecular flexibility index (Phi) is 7.47. The molecule has 0 saturated heterocycles. The molecule has 1 unspecified atom stereocenters. The van der Waals surface area contributed by atoms with Gasteiger partial charge in [0.15, 0.2) is 0 Å². The van der Waals surface area contributed by atoms with Crippen molar-refractivity contribution in [2.45, 2.75) is 57.0 Å². The Hall–Kier alpha value is -1.59. The molecule has 146 valence electrons. The van der Waals surface area contributed by atoms with Crippen LogP contribution in [0.3, 0.4) is 0 Å². The van der Waals surface area contributed by atoms with E-state index < -0.39 is 5.97 Å². The van der Waals surface area contributed by atoms with Gasteiger partial charge in [0.05, 0.1) is 18.6 Å². The highest BCUT2D eigenvalue weighted by atomic mass is 16.5. The molecule has 0 aliphatic heterocycles. The Labute approximate surface area is 157 Å². The van der Waals surface area contributed by atoms with Gasteiger partial charge in [-0.3, -0.25) is 4.79 Å². The Balaban J connectivity index is 2.13. The summed E-state index contributed by atoms with van der Waals surface area (Å²) in [6, 6.07) is 7.98. The van der Waals surface area contributed by atoms with E-state index in [-0.39, 0.29) is 17.4 Å². The third-order valence-electron chi connectivity index (χ3n) is 5.57. The first kappa shape index (κ1) is 20.7. The molecule has 0 aromatic heterocycles. The Bertz CT molecular complexity index is 589. The highest BCUT2D eigenvalue weighted by molar-refractivity contribution is 5.69. The fourth-order valence-corrected chi connectivity index (χ4v) is 4.11. The zero-order valence-corrected chi connectivity index (χ0v) is 16.3. The molecule has 5 heteroatoms. The first-order chi connectivity index (χ1) is 12.4. The van der Waals surface area contributed by atoms with Gasteiger partial charge in [0.1, 0.15) is 5.75 Å². The van der Waals surface area contributed by atoms with Gasteiger partial charge in [-0.25, -0.2) is 0 Å². The molecule has 1 aliphatic carbocycles. The van der Waals surface area contributed by atoms with Gasteiger partial charge >= 0.3 is 5.97 Å². The van der Waals surface area contributed by atoms with Crippen LogP contribution in [0.1, 0.15) is 51.0 Å². The van der Waals surface area contributed by atoms with Crippen LogP contribution in [0.2, 0.25) is 0 Å². The number of aliphatic hydroxyl groups excluding tert-OH is 1. The number of carbonyl (C=O) groups is 1. The van der Waals surface area contributed by atoms with Gasteiger partial charge in [0.25, 0.3) is 0 Å². The van der Waals surface area contributed by atoms with Crippen LogP contribution in [0.5, 0.6) is 5.75 Å². The quantitative estimate of drug-likeness (QED) is 0.704. The molecule has 1 saturated carbocycles. The summed E-state index contributed by atoms with van der Waals surface area (Å²) in [5.41, 5.74) is 0.842. The topological polar surface area (TPSA) is 70.0 Å². The highest BCUT2D eigenvalue weighted by Gasteiger charge is 2.41. The number of nitrogens with zero attached hydrogens (tertiary/aromatic N) is 1. The van der Waals surface area contributed by atoms with Crippen molar-refractivity contribution < 1.29 is 19.7 Å². The third-order valence-corrected chi connectivity index (χ3v) is 5.57. The fraction of sp³-hybridized carbons (Fsp3) is 0.667. The summed E-state index contributed by atoms with van der Waals surface area (Å²) < 4.78 is 5.85. The number of rotatable bonds is 9. The minimum absolute atomic E-state index is 0.270. The van der Waals surface area contributed by atoms with Crippen molar-refractivity contribution in [1.29, 1.82) is 0 Å². The molecule has 0 bridgehead atoms. The predicted octanol–water partition coefficient (Wildman–Crippen LogP) is 3.30. The van der Waals surface area contributed by atoms with Crippen LogP contribution in [0.4, 0.5) is 0 Å². The zero-order chi connectivity index (χ0) is 19.2. The van der Waals surface area contributed by atoms with E-state index in [1.165, 1.54) is 0 Å². The predicted molar refractivity (Wildman–Crippen MR) is 103 cm³/mol. The van der Waals surface area contributed by atoms with Crippen molar-refractivity contribution in [3.8, 4) is 5.75 Å². The van der Waals surface area contributed by atoms with Gasteiger partial charge in [0, 0.05) is 12.0 Å². The normalized spacial score (nSPS) is 24.4. The second-order valence-electron chi connectivity index (χ2n) is 7.76. The number of aliphatic hydroxyl groups is 1. The number of hydrogen-bond acceptors (Lipinski definition) is 4. The van der Waals surface area contributed by atoms with Crippen molar-refractivity contribution in [3.05, 3.63) is 29.8 Å². The van der Waals surface area contributed by atoms with E-state index in [0.29, 0.717) is 19.4 Å². The molecule has 26 heavy (non-hydrogen) atoms. The lowest BCUT2D eigenvalue weighted by Crippen LogP contribution is -2.49. The van der Waals surface area contributed by atoms with Crippen LogP contribution < -0.4 is 4.74 Å². The van der Waals surface area contributed by atoms with Crippen molar-refractivity contribution in [2.24, 2.45) is 5.92 Å². The second-order valence-corrected chi connectivity index (χ2v) is 7.76. The van der Waals surface area contributed by atoms with Crippen LogP contribution >= 0.6 is 0 Å². The van der Waals surface area contributed by atoms with Crippen LogP contribution in [0.15, 0.2) is 24.3 Å². The molecule has 0 radical (unpaired) electrons. The fourth-order valence-electron chi connectivity index (χ4n) is 4.11. The monoisotopic (exact) mass is 363 g/mol. The Morgan fingerprint density at radius 3 is 2.77 bits per heavy atom. The summed E-state index contributed by atoms with van der Waals surface area (Å²) in [5, 5.41) is 20.0. The van der Waals surface area contributed by atoms with Crippen molar-refractivity contribution >= 4 is 5.97 Å². The van der Waals surface area contributed by atoms with E-state index in [1.54, 1.807) is 0 Å². The lowest BCUT2D eigenvalue weighted by Gasteiger charge is -2.44. The van der Waals surface area contributed by atoms with Crippen molar-refractivity contribution in [2.75, 3.05) is 27.2 Å². The van der Waals surface area contributed by atoms with Crippen molar-refractivity contribution in [3.63, 3.8) is 0 Å². The first-order valence-corrected chi connectivity index (χ1v) is 9.68. The average molecular weight is 363 g/mol. The largest absolute Gasteiger partial charge is 0.494 e. The average Bonchev–Trinajstić information content (AvgIpc) is 2.60. The third kappa shape index (κ3) is 4.98. The molecule has 0 spiro atoms. The summed E-state index contributed by atoms with van der Waals surface area (Å²) in [7, 11) is 4.08. The Morgan fingerprint density at radius 2 is 2.15 bits per heavy atom. The lowest BCUT2D eigenvalue weighted by atomic mass is 9.67. The first-order valence-electron chi connectivity index (χ1n) is 9.68. The van der Waals surface area contributed by atoms with Gasteiger partial charge in [-0.2, -0.15) is 0 Å². The van der Waals surface area contributed by atoms with Gasteiger partial charge in [-0.05, 0) is 57.5 Å². The summed E-state index contributed by atoms with van der Waals surface area (Å²) >= 11 is 0. The standard InChI is InChI=1S/C21H33NO4/c1-4-16(20(24)25)11-13-26-18-9-7-8-17(14-18)21(15-22(2)3)12-6-5-10-19(21)23/h7-9,14,16,19,23H,4-6,10-13,15H2,1-3H3,(H,24,25)/t16?,19-,21+/m0/s1. The summed E-state index contributed by atoms with van der Waals surface area (Å²) in [5.74, 6) is -0.378. The summed E-state index contributed by atoms with van der Waals surface area (Å²) in [6.45, 7) is 3.07. The number of hydrogen-bond donors (Lipinski definition) is 2. The van der Waals surface area contributed by atoms with Crippen LogP contribution in [0, 0.1) is 5.92 Å². The Morgan fingerprint density at radius 1 is 1.38 bits per heavy atom. The number of benzene rings is 1. The molecule has 2 N–H and O–H groups in total. The van der Waals surface area contributed by atoms with Crippen molar-refractivity contribution in [1.82, 2.24) is 4.90 Å². The molecule has 5 nitrogen and oxygen atoms in total. The maximum Gasteiger partial charge on any atom is 0.306 e. The van der Waals surface area contributed by atoms with E-state index >= 15 is 0 Å². The van der Waals surface area contributed by atoms with E-state index in [0.717, 1.165) is 43.5 Å². The van der Waals surface area contributed by atoms with E-state index in [9.17, 15) is 9.90 Å². The van der Waals surface area contributed by atoms with Gasteiger partial charge in [-0.1, -0.05) is 31.9 Å². The van der Waals surface area contributed by atoms with Gasteiger partial charge in [-0.15, -0.1) is 0 Å². The minimum atomic E-state index is -0.764. The lowest BCUT2D eigenvalue weighted by molar-refractivity contribution is -0.142. The van der Waals surface area contributed by atoms with Gasteiger partial charge < -0.3 is 19.8 Å². The van der Waals surface area contributed by atoms with Crippen LogP contribution in [-0.2, 0) is 10.2 Å². The minimum Gasteiger partial charge on any atom is -0.494 e. The molecule has 0 amide bonds. The highest BCUT2D eigenvalue weighted by Crippen LogP contribution is 2.41. The molecule has 3 atom stereocenters. The SMILES string of the molecule is CCC(CCOc1cccc([C@]2(CN(C)C)CCCC[C@@H]2O)c1)C(=O)O. The van der Waals surface area contributed by atoms with Crippen LogP contribution in [-0.4, -0.2) is 54.4 Å². The number of carboxylic acid groups (broad SMARTS) is 1. The smallest absolute Gasteiger partial charge is 0.306 e. The summed E-state index contributed by atoms with van der Waals surface area (Å²) in [4.78, 5) is 13.3. The molecule has 0 heterocycles.